The molecule has 0 saturated carbocycles. The molecule has 5 nitrogen and oxygen atoms in total. The number of pyridine rings is 1. The number of H-pyrrole nitrogens is 1. The summed E-state index contributed by atoms with van der Waals surface area (Å²) in [7, 11) is 0. The number of fused-ring (bicyclic) bond motifs is 1. The molecule has 0 atom stereocenters. The fourth-order valence-corrected chi connectivity index (χ4v) is 2.43. The van der Waals surface area contributed by atoms with Crippen LogP contribution in [0.3, 0.4) is 0 Å². The Labute approximate surface area is 132 Å². The van der Waals surface area contributed by atoms with Crippen molar-refractivity contribution in [1.29, 1.82) is 0 Å². The largest absolute Gasteiger partial charge is 0.346 e. The molecular formula is C16H15ClN4O. The molecule has 0 aliphatic heterocycles. The van der Waals surface area contributed by atoms with Gasteiger partial charge in [-0.2, -0.15) is 0 Å². The zero-order valence-corrected chi connectivity index (χ0v) is 12.5. The van der Waals surface area contributed by atoms with E-state index in [9.17, 15) is 4.79 Å². The summed E-state index contributed by atoms with van der Waals surface area (Å²) in [5.41, 5.74) is 2.71. The summed E-state index contributed by atoms with van der Waals surface area (Å²) < 4.78 is 0. The quantitative estimate of drug-likeness (QED) is 0.692. The highest BCUT2D eigenvalue weighted by Gasteiger charge is 2.06. The van der Waals surface area contributed by atoms with Crippen molar-refractivity contribution in [3.63, 3.8) is 0 Å². The number of aromatic amines is 1. The molecule has 0 aliphatic carbocycles. The molecule has 0 spiro atoms. The van der Waals surface area contributed by atoms with Gasteiger partial charge in [-0.05, 0) is 29.3 Å². The first-order valence-electron chi connectivity index (χ1n) is 6.90. The monoisotopic (exact) mass is 314 g/mol. The molecule has 0 saturated heterocycles. The van der Waals surface area contributed by atoms with E-state index >= 15 is 0 Å². The Kier molecular flexibility index (Phi) is 4.25. The van der Waals surface area contributed by atoms with Gasteiger partial charge in [0.05, 0.1) is 0 Å². The van der Waals surface area contributed by atoms with Gasteiger partial charge in [-0.25, -0.2) is 9.78 Å². The van der Waals surface area contributed by atoms with E-state index in [1.54, 1.807) is 12.3 Å². The predicted octanol–water partition coefficient (Wildman–Crippen LogP) is 3.22. The molecule has 112 valence electrons. The average Bonchev–Trinajstić information content (AvgIpc) is 3.01. The van der Waals surface area contributed by atoms with E-state index in [4.69, 9.17) is 11.6 Å². The van der Waals surface area contributed by atoms with Crippen LogP contribution >= 0.6 is 11.6 Å². The van der Waals surface area contributed by atoms with Gasteiger partial charge >= 0.3 is 6.03 Å². The van der Waals surface area contributed by atoms with Crippen LogP contribution in [0.5, 0.6) is 0 Å². The van der Waals surface area contributed by atoms with Gasteiger partial charge in [0.1, 0.15) is 5.65 Å². The lowest BCUT2D eigenvalue weighted by atomic mass is 10.2. The maximum atomic E-state index is 11.9. The van der Waals surface area contributed by atoms with Gasteiger partial charge in [-0.3, -0.25) is 0 Å². The SMILES string of the molecule is O=C(NCc1ccccc1Cl)NCc1ccnc2[nH]ccc12. The maximum absolute atomic E-state index is 11.9. The van der Waals surface area contributed by atoms with Crippen LogP contribution in [0, 0.1) is 0 Å². The molecule has 0 unspecified atom stereocenters. The fraction of sp³-hybridized carbons (Fsp3) is 0.125. The molecule has 3 rings (SSSR count). The standard InChI is InChI=1S/C16H15ClN4O/c17-14-4-2-1-3-12(14)10-21-16(22)20-9-11-5-7-18-15-13(11)6-8-19-15/h1-8H,9-10H2,(H,18,19)(H2,20,21,22). The Hall–Kier alpha value is -2.53. The number of benzene rings is 1. The molecular weight excluding hydrogens is 300 g/mol. The third-order valence-electron chi connectivity index (χ3n) is 3.39. The Morgan fingerprint density at radius 1 is 1.09 bits per heavy atom. The minimum Gasteiger partial charge on any atom is -0.346 e. The Balaban J connectivity index is 1.56. The zero-order valence-electron chi connectivity index (χ0n) is 11.8. The van der Waals surface area contributed by atoms with E-state index in [1.807, 2.05) is 36.5 Å². The van der Waals surface area contributed by atoms with Crippen LogP contribution in [0.2, 0.25) is 5.02 Å². The van der Waals surface area contributed by atoms with E-state index in [1.165, 1.54) is 0 Å². The van der Waals surface area contributed by atoms with Crippen molar-refractivity contribution in [2.45, 2.75) is 13.1 Å². The van der Waals surface area contributed by atoms with Gasteiger partial charge in [0, 0.05) is 35.9 Å². The third kappa shape index (κ3) is 3.20. The first-order valence-corrected chi connectivity index (χ1v) is 7.28. The minimum absolute atomic E-state index is 0.236. The van der Waals surface area contributed by atoms with Crippen LogP contribution in [0.25, 0.3) is 11.0 Å². The molecule has 0 fully saturated rings. The van der Waals surface area contributed by atoms with E-state index in [-0.39, 0.29) is 6.03 Å². The summed E-state index contributed by atoms with van der Waals surface area (Å²) in [6, 6.07) is 11.0. The highest BCUT2D eigenvalue weighted by atomic mass is 35.5. The molecule has 2 heterocycles. The van der Waals surface area contributed by atoms with Gasteiger partial charge < -0.3 is 15.6 Å². The Morgan fingerprint density at radius 2 is 1.86 bits per heavy atom. The van der Waals surface area contributed by atoms with Crippen molar-refractivity contribution in [2.75, 3.05) is 0 Å². The van der Waals surface area contributed by atoms with Crippen molar-refractivity contribution in [3.8, 4) is 0 Å². The molecule has 1 aromatic carbocycles. The summed E-state index contributed by atoms with van der Waals surface area (Å²) in [5.74, 6) is 0. The summed E-state index contributed by atoms with van der Waals surface area (Å²) in [6.07, 6.45) is 3.55. The molecule has 0 radical (unpaired) electrons. The topological polar surface area (TPSA) is 69.8 Å². The smallest absolute Gasteiger partial charge is 0.315 e. The van der Waals surface area contributed by atoms with Gasteiger partial charge in [0.25, 0.3) is 0 Å². The van der Waals surface area contributed by atoms with Crippen molar-refractivity contribution < 1.29 is 4.79 Å². The molecule has 6 heteroatoms. The lowest BCUT2D eigenvalue weighted by Gasteiger charge is -2.09. The number of hydrogen-bond donors (Lipinski definition) is 3. The molecule has 2 aromatic heterocycles. The number of hydrogen-bond acceptors (Lipinski definition) is 2. The van der Waals surface area contributed by atoms with Gasteiger partial charge in [0.15, 0.2) is 0 Å². The van der Waals surface area contributed by atoms with Crippen molar-refractivity contribution >= 4 is 28.7 Å². The van der Waals surface area contributed by atoms with Crippen LogP contribution in [0.4, 0.5) is 4.79 Å². The molecule has 0 aliphatic rings. The third-order valence-corrected chi connectivity index (χ3v) is 3.76. The number of carbonyl (C=O) groups excluding carboxylic acids is 1. The van der Waals surface area contributed by atoms with Crippen molar-refractivity contribution in [2.24, 2.45) is 0 Å². The van der Waals surface area contributed by atoms with E-state index in [2.05, 4.69) is 20.6 Å². The number of amides is 2. The van der Waals surface area contributed by atoms with Gasteiger partial charge in [0.2, 0.25) is 0 Å². The second kappa shape index (κ2) is 6.49. The normalized spacial score (nSPS) is 10.6. The van der Waals surface area contributed by atoms with Crippen LogP contribution in [-0.2, 0) is 13.1 Å². The van der Waals surface area contributed by atoms with E-state index < -0.39 is 0 Å². The highest BCUT2D eigenvalue weighted by molar-refractivity contribution is 6.31. The molecule has 3 aromatic rings. The molecule has 22 heavy (non-hydrogen) atoms. The lowest BCUT2D eigenvalue weighted by molar-refractivity contribution is 0.240. The number of carbonyl (C=O) groups is 1. The molecule has 2 amide bonds. The Morgan fingerprint density at radius 3 is 2.68 bits per heavy atom. The van der Waals surface area contributed by atoms with Crippen LogP contribution < -0.4 is 10.6 Å². The highest BCUT2D eigenvalue weighted by Crippen LogP contribution is 2.15. The molecule has 3 N–H and O–H groups in total. The minimum atomic E-state index is -0.236. The van der Waals surface area contributed by atoms with Crippen LogP contribution in [0.1, 0.15) is 11.1 Å². The van der Waals surface area contributed by atoms with Crippen molar-refractivity contribution in [3.05, 3.63) is 64.9 Å². The summed E-state index contributed by atoms with van der Waals surface area (Å²) in [6.45, 7) is 0.826. The number of rotatable bonds is 4. The zero-order chi connectivity index (χ0) is 15.4. The number of aromatic nitrogens is 2. The van der Waals surface area contributed by atoms with Gasteiger partial charge in [-0.15, -0.1) is 0 Å². The predicted molar refractivity (Wildman–Crippen MR) is 86.6 cm³/mol. The van der Waals surface area contributed by atoms with Gasteiger partial charge in [-0.1, -0.05) is 29.8 Å². The second-order valence-electron chi connectivity index (χ2n) is 4.84. The van der Waals surface area contributed by atoms with Crippen LogP contribution in [0.15, 0.2) is 48.8 Å². The fourth-order valence-electron chi connectivity index (χ4n) is 2.23. The maximum Gasteiger partial charge on any atom is 0.315 e. The number of nitrogens with zero attached hydrogens (tertiary/aromatic N) is 1. The average molecular weight is 315 g/mol. The summed E-state index contributed by atoms with van der Waals surface area (Å²) in [4.78, 5) is 19.1. The summed E-state index contributed by atoms with van der Waals surface area (Å²) >= 11 is 6.05. The second-order valence-corrected chi connectivity index (χ2v) is 5.24. The Bertz CT molecular complexity index is 799. The number of nitrogens with one attached hydrogen (secondary N) is 3. The number of halogens is 1. The first kappa shape index (κ1) is 14.4. The lowest BCUT2D eigenvalue weighted by Crippen LogP contribution is -2.34. The molecule has 0 bridgehead atoms. The van der Waals surface area contributed by atoms with Crippen LogP contribution in [-0.4, -0.2) is 16.0 Å². The summed E-state index contributed by atoms with van der Waals surface area (Å²) in [5, 5.41) is 7.28. The van der Waals surface area contributed by atoms with E-state index in [0.717, 1.165) is 22.2 Å². The van der Waals surface area contributed by atoms with E-state index in [0.29, 0.717) is 18.1 Å². The van der Waals surface area contributed by atoms with Crippen molar-refractivity contribution in [1.82, 2.24) is 20.6 Å². The number of urea groups is 1. The first-order chi connectivity index (χ1) is 10.7.